The van der Waals surface area contributed by atoms with Crippen LogP contribution in [0, 0.1) is 0 Å². The Balaban J connectivity index is 1.45. The lowest BCUT2D eigenvalue weighted by molar-refractivity contribution is -0.128. The number of hydrogen-bond donors (Lipinski definition) is 4. The van der Waals surface area contributed by atoms with Crippen LogP contribution in [0.1, 0.15) is 16.7 Å². The topological polar surface area (TPSA) is 103 Å². The summed E-state index contributed by atoms with van der Waals surface area (Å²) in [6.45, 7) is 0. The number of thiol groups is 1. The lowest BCUT2D eigenvalue weighted by atomic mass is 10.0. The molecule has 2 unspecified atom stereocenters. The number of urea groups is 1. The summed E-state index contributed by atoms with van der Waals surface area (Å²) in [6.07, 6.45) is -1.13. The van der Waals surface area contributed by atoms with Crippen molar-refractivity contribution in [1.82, 2.24) is 9.62 Å². The average molecular weight is 584 g/mol. The van der Waals surface area contributed by atoms with E-state index in [0.717, 1.165) is 15.4 Å². The summed E-state index contributed by atoms with van der Waals surface area (Å²) in [5.41, 5.74) is 3.83. The number of carbonyl (C=O) groups is 3. The Morgan fingerprint density at radius 3 is 2.24 bits per heavy atom. The molecule has 3 N–H and O–H groups in total. The Hall–Kier alpha value is -4.60. The zero-order chi connectivity index (χ0) is 28.8. The van der Waals surface area contributed by atoms with Gasteiger partial charge in [-0.1, -0.05) is 103 Å². The van der Waals surface area contributed by atoms with E-state index in [-0.39, 0.29) is 6.42 Å². The molecule has 5 rings (SSSR count). The van der Waals surface area contributed by atoms with Gasteiger partial charge >= 0.3 is 6.03 Å². The monoisotopic (exact) mass is 583 g/mol. The van der Waals surface area contributed by atoms with Crippen molar-refractivity contribution in [2.24, 2.45) is 4.99 Å². The third-order valence-corrected chi connectivity index (χ3v) is 7.16. The second kappa shape index (κ2) is 12.7. The fourth-order valence-corrected chi connectivity index (χ4v) is 4.76. The van der Waals surface area contributed by atoms with E-state index in [1.165, 1.54) is 0 Å². The molecule has 0 aromatic heterocycles. The van der Waals surface area contributed by atoms with Gasteiger partial charge in [-0.25, -0.2) is 9.79 Å². The van der Waals surface area contributed by atoms with Gasteiger partial charge in [0.05, 0.1) is 11.4 Å². The normalized spacial score (nSPS) is 14.9. The van der Waals surface area contributed by atoms with Crippen LogP contribution in [-0.2, 0) is 16.0 Å². The summed E-state index contributed by atoms with van der Waals surface area (Å²) in [5, 5.41) is 8.90. The van der Waals surface area contributed by atoms with E-state index in [2.05, 4.69) is 33.8 Å². The van der Waals surface area contributed by atoms with Crippen LogP contribution in [0.5, 0.6) is 0 Å². The number of benzodiazepines with no additional fused rings is 1. The van der Waals surface area contributed by atoms with Crippen molar-refractivity contribution >= 4 is 59.3 Å². The van der Waals surface area contributed by atoms with Gasteiger partial charge in [0.15, 0.2) is 0 Å². The van der Waals surface area contributed by atoms with Crippen molar-refractivity contribution in [3.05, 3.63) is 131 Å². The number of para-hydroxylation sites is 2. The first-order chi connectivity index (χ1) is 19.9. The number of hydrogen-bond acceptors (Lipinski definition) is 5. The van der Waals surface area contributed by atoms with E-state index < -0.39 is 30.1 Å². The summed E-state index contributed by atoms with van der Waals surface area (Å²) in [5.74, 6) is -1.12. The molecule has 206 valence electrons. The van der Waals surface area contributed by atoms with Crippen molar-refractivity contribution in [3.63, 3.8) is 0 Å². The Bertz CT molecular complexity index is 1580. The fourth-order valence-electron chi connectivity index (χ4n) is 4.39. The maximum atomic E-state index is 13.8. The van der Waals surface area contributed by atoms with Gasteiger partial charge in [0.2, 0.25) is 12.1 Å². The van der Waals surface area contributed by atoms with E-state index in [1.54, 1.807) is 60.7 Å². The Morgan fingerprint density at radius 2 is 1.54 bits per heavy atom. The third kappa shape index (κ3) is 6.77. The number of amides is 4. The van der Waals surface area contributed by atoms with Crippen LogP contribution in [0.3, 0.4) is 0 Å². The van der Waals surface area contributed by atoms with E-state index >= 15 is 0 Å². The van der Waals surface area contributed by atoms with Crippen molar-refractivity contribution in [2.75, 3.05) is 10.6 Å². The van der Waals surface area contributed by atoms with Crippen molar-refractivity contribution in [1.29, 1.82) is 0 Å². The first-order valence-electron chi connectivity index (χ1n) is 12.8. The molecule has 1 aliphatic heterocycles. The highest BCUT2D eigenvalue weighted by Gasteiger charge is 2.33. The minimum Gasteiger partial charge on any atom is -0.325 e. The molecule has 10 heteroatoms. The molecule has 1 heterocycles. The molecule has 8 nitrogen and oxygen atoms in total. The summed E-state index contributed by atoms with van der Waals surface area (Å²) in [6, 6.07) is 30.7. The minimum atomic E-state index is -1.28. The van der Waals surface area contributed by atoms with Gasteiger partial charge in [-0.15, -0.1) is 0 Å². The number of nitrogens with zero attached hydrogens (tertiary/aromatic N) is 2. The van der Waals surface area contributed by atoms with Gasteiger partial charge in [-0.2, -0.15) is 0 Å². The third-order valence-electron chi connectivity index (χ3n) is 6.45. The number of anilines is 2. The second-order valence-electron chi connectivity index (χ2n) is 9.28. The molecule has 2 atom stereocenters. The number of halogens is 1. The van der Waals surface area contributed by atoms with Gasteiger partial charge in [-0.3, -0.25) is 13.9 Å². The Kier molecular flexibility index (Phi) is 8.67. The standard InChI is InChI=1S/C31H26ClN5O3S/c32-22-17-15-21(16-18-22)27-24-13-7-8-14-25(24)34-30(39)28(35-27)36-29(38)26(19-20-9-3-1-4-10-20)37(41)31(40)33-23-11-5-2-6-12-23/h1-18,26,28,41H,19H2,(H,33,40)(H,34,39)(H,36,38). The van der Waals surface area contributed by atoms with Gasteiger partial charge < -0.3 is 16.0 Å². The maximum absolute atomic E-state index is 13.8. The quantitative estimate of drug-likeness (QED) is 0.214. The zero-order valence-corrected chi connectivity index (χ0v) is 23.3. The number of fused-ring (bicyclic) bond motifs is 1. The molecule has 4 amide bonds. The molecule has 41 heavy (non-hydrogen) atoms. The van der Waals surface area contributed by atoms with Gasteiger partial charge in [0, 0.05) is 28.3 Å². The van der Waals surface area contributed by atoms with Gasteiger partial charge in [-0.05, 0) is 35.9 Å². The highest BCUT2D eigenvalue weighted by atomic mass is 35.5. The maximum Gasteiger partial charge on any atom is 0.332 e. The molecule has 0 fully saturated rings. The van der Waals surface area contributed by atoms with E-state index in [9.17, 15) is 14.4 Å². The van der Waals surface area contributed by atoms with Crippen molar-refractivity contribution < 1.29 is 14.4 Å². The van der Waals surface area contributed by atoms with Crippen LogP contribution in [0.4, 0.5) is 16.2 Å². The van der Waals surface area contributed by atoms with Crippen molar-refractivity contribution in [2.45, 2.75) is 18.6 Å². The highest BCUT2D eigenvalue weighted by Crippen LogP contribution is 2.25. The van der Waals surface area contributed by atoms with Crippen LogP contribution in [-0.4, -0.2) is 40.1 Å². The van der Waals surface area contributed by atoms with Gasteiger partial charge in [0.25, 0.3) is 5.91 Å². The zero-order valence-electron chi connectivity index (χ0n) is 21.7. The molecule has 1 aliphatic rings. The molecule has 0 spiro atoms. The minimum absolute atomic E-state index is 0.153. The average Bonchev–Trinajstić information content (AvgIpc) is 3.13. The molecule has 4 aromatic rings. The molecular weight excluding hydrogens is 558 g/mol. The molecule has 0 saturated heterocycles. The molecule has 4 aromatic carbocycles. The van der Waals surface area contributed by atoms with Crippen LogP contribution in [0.25, 0.3) is 0 Å². The van der Waals surface area contributed by atoms with Crippen molar-refractivity contribution in [3.8, 4) is 0 Å². The van der Waals surface area contributed by atoms with Crippen LogP contribution >= 0.6 is 24.4 Å². The number of nitrogens with one attached hydrogen (secondary N) is 3. The summed E-state index contributed by atoms with van der Waals surface area (Å²) in [7, 11) is 0. The first kappa shape index (κ1) is 27.9. The number of aliphatic imine (C=N–C) groups is 1. The number of carbonyl (C=O) groups excluding carboxylic acids is 3. The molecule has 0 saturated carbocycles. The lowest BCUT2D eigenvalue weighted by Gasteiger charge is -2.27. The van der Waals surface area contributed by atoms with Crippen LogP contribution < -0.4 is 16.0 Å². The number of benzene rings is 4. The first-order valence-corrected chi connectivity index (χ1v) is 13.6. The highest BCUT2D eigenvalue weighted by molar-refractivity contribution is 7.78. The SMILES string of the molecule is O=C1Nc2ccccc2C(c2ccc(Cl)cc2)=NC1NC(=O)C(Cc1ccccc1)N(S)C(=O)Nc1ccccc1. The Labute approximate surface area is 248 Å². The largest absolute Gasteiger partial charge is 0.332 e. The molecular formula is C31H26ClN5O3S. The smallest absolute Gasteiger partial charge is 0.325 e. The number of rotatable bonds is 7. The summed E-state index contributed by atoms with van der Waals surface area (Å²) in [4.78, 5) is 44.9. The predicted molar refractivity (Wildman–Crippen MR) is 164 cm³/mol. The fraction of sp³-hybridized carbons (Fsp3) is 0.0968. The Morgan fingerprint density at radius 1 is 0.902 bits per heavy atom. The predicted octanol–water partition coefficient (Wildman–Crippen LogP) is 5.56. The molecule has 0 aliphatic carbocycles. The molecule has 0 bridgehead atoms. The van der Waals surface area contributed by atoms with E-state index in [1.807, 2.05) is 48.5 Å². The van der Waals surface area contributed by atoms with Gasteiger partial charge in [0.1, 0.15) is 6.04 Å². The summed E-state index contributed by atoms with van der Waals surface area (Å²) >= 11 is 10.5. The van der Waals surface area contributed by atoms with E-state index in [4.69, 9.17) is 11.6 Å². The second-order valence-corrected chi connectivity index (χ2v) is 10.1. The molecule has 0 radical (unpaired) electrons. The van der Waals surface area contributed by atoms with E-state index in [0.29, 0.717) is 27.7 Å². The van der Waals surface area contributed by atoms with Crippen LogP contribution in [0.15, 0.2) is 114 Å². The lowest BCUT2D eigenvalue weighted by Crippen LogP contribution is -2.52. The van der Waals surface area contributed by atoms with Crippen LogP contribution in [0.2, 0.25) is 5.02 Å². The summed E-state index contributed by atoms with van der Waals surface area (Å²) < 4.78 is 1.03.